The van der Waals surface area contributed by atoms with Crippen molar-refractivity contribution in [2.75, 3.05) is 7.11 Å². The molecule has 0 amide bonds. The van der Waals surface area contributed by atoms with E-state index < -0.39 is 11.6 Å². The van der Waals surface area contributed by atoms with Gasteiger partial charge in [-0.15, -0.1) is 0 Å². The molecule has 2 saturated carbocycles. The van der Waals surface area contributed by atoms with E-state index in [1.54, 1.807) is 0 Å². The monoisotopic (exact) mass is 370 g/mol. The molecule has 2 fully saturated rings. The van der Waals surface area contributed by atoms with Crippen LogP contribution in [0.3, 0.4) is 0 Å². The van der Waals surface area contributed by atoms with Gasteiger partial charge in [0.2, 0.25) is 0 Å². The average molecular weight is 370 g/mol. The third kappa shape index (κ3) is 3.74. The Balaban J connectivity index is 1.50. The van der Waals surface area contributed by atoms with Crippen molar-refractivity contribution in [2.24, 2.45) is 17.8 Å². The number of hydrogen-bond donors (Lipinski definition) is 0. The van der Waals surface area contributed by atoms with Gasteiger partial charge in [0.05, 0.1) is 7.11 Å². The molecule has 144 valence electrons. The molecule has 4 rings (SSSR count). The Morgan fingerprint density at radius 1 is 0.815 bits per heavy atom. The largest absolute Gasteiger partial charge is 0.491 e. The molecule has 2 aliphatic carbocycles. The third-order valence-electron chi connectivity index (χ3n) is 6.79. The zero-order chi connectivity index (χ0) is 19.0. The Bertz CT molecular complexity index is 776. The van der Waals surface area contributed by atoms with Crippen molar-refractivity contribution in [3.05, 3.63) is 53.6 Å². The first-order valence-electron chi connectivity index (χ1n) is 10.2. The number of halogens is 2. The van der Waals surface area contributed by atoms with E-state index >= 15 is 0 Å². The lowest BCUT2D eigenvalue weighted by atomic mass is 9.64. The minimum absolute atomic E-state index is 0.325. The van der Waals surface area contributed by atoms with E-state index in [9.17, 15) is 8.78 Å². The maximum absolute atomic E-state index is 14.0. The lowest BCUT2D eigenvalue weighted by molar-refractivity contribution is 0.124. The highest BCUT2D eigenvalue weighted by Crippen LogP contribution is 2.47. The summed E-state index contributed by atoms with van der Waals surface area (Å²) in [5, 5.41) is 0. The second kappa shape index (κ2) is 7.61. The minimum Gasteiger partial charge on any atom is -0.491 e. The van der Waals surface area contributed by atoms with Gasteiger partial charge in [0.25, 0.3) is 0 Å². The molecule has 3 heteroatoms. The van der Waals surface area contributed by atoms with Gasteiger partial charge < -0.3 is 4.74 Å². The average Bonchev–Trinajstić information content (AvgIpc) is 2.67. The summed E-state index contributed by atoms with van der Waals surface area (Å²) in [4.78, 5) is 0. The Morgan fingerprint density at radius 2 is 1.44 bits per heavy atom. The fourth-order valence-corrected chi connectivity index (χ4v) is 5.30. The highest BCUT2D eigenvalue weighted by atomic mass is 19.1. The van der Waals surface area contributed by atoms with Gasteiger partial charge in [-0.1, -0.05) is 37.6 Å². The first kappa shape index (κ1) is 18.5. The van der Waals surface area contributed by atoms with Crippen molar-refractivity contribution in [1.82, 2.24) is 0 Å². The fraction of sp³-hybridized carbons (Fsp3) is 0.500. The second-order valence-electron chi connectivity index (χ2n) is 8.54. The third-order valence-corrected chi connectivity index (χ3v) is 6.79. The van der Waals surface area contributed by atoms with Crippen molar-refractivity contribution < 1.29 is 13.5 Å². The molecule has 0 aliphatic heterocycles. The highest BCUT2D eigenvalue weighted by Gasteiger charge is 2.34. The Labute approximate surface area is 160 Å². The summed E-state index contributed by atoms with van der Waals surface area (Å²) in [6.07, 6.45) is 8.06. The highest BCUT2D eigenvalue weighted by molar-refractivity contribution is 5.65. The second-order valence-corrected chi connectivity index (χ2v) is 8.54. The first-order valence-corrected chi connectivity index (χ1v) is 10.2. The first-order chi connectivity index (χ1) is 13.0. The Morgan fingerprint density at radius 3 is 2.11 bits per heavy atom. The molecule has 4 atom stereocenters. The molecular weight excluding hydrogens is 342 g/mol. The molecule has 1 unspecified atom stereocenters. The molecule has 0 spiro atoms. The van der Waals surface area contributed by atoms with Gasteiger partial charge in [0.1, 0.15) is 0 Å². The quantitative estimate of drug-likeness (QED) is 0.567. The number of benzene rings is 2. The molecule has 0 saturated heterocycles. The predicted octanol–water partition coefficient (Wildman–Crippen LogP) is 6.96. The summed E-state index contributed by atoms with van der Waals surface area (Å²) < 4.78 is 32.7. The maximum Gasteiger partial charge on any atom is 0.190 e. The SMILES string of the molecule is COc1c(F)cc(-c2ccc([C@@H]3CC[C@@H]4CC(C)CC[C@@H]4C3)cc2)cc1F. The zero-order valence-corrected chi connectivity index (χ0v) is 16.2. The van der Waals surface area contributed by atoms with Crippen LogP contribution in [0.5, 0.6) is 5.75 Å². The molecule has 0 heterocycles. The van der Waals surface area contributed by atoms with Crippen LogP contribution in [0.25, 0.3) is 11.1 Å². The Hall–Kier alpha value is -1.90. The predicted molar refractivity (Wildman–Crippen MR) is 105 cm³/mol. The normalized spacial score (nSPS) is 27.9. The number of rotatable bonds is 3. The number of methoxy groups -OCH3 is 1. The van der Waals surface area contributed by atoms with Gasteiger partial charge in [0.15, 0.2) is 17.4 Å². The van der Waals surface area contributed by atoms with E-state index in [4.69, 9.17) is 4.74 Å². The van der Waals surface area contributed by atoms with E-state index in [0.29, 0.717) is 11.5 Å². The van der Waals surface area contributed by atoms with Crippen molar-refractivity contribution >= 4 is 0 Å². The van der Waals surface area contributed by atoms with Gasteiger partial charge >= 0.3 is 0 Å². The maximum atomic E-state index is 14.0. The van der Waals surface area contributed by atoms with Crippen LogP contribution in [0.2, 0.25) is 0 Å². The van der Waals surface area contributed by atoms with Crippen LogP contribution in [0, 0.1) is 29.4 Å². The van der Waals surface area contributed by atoms with Crippen LogP contribution >= 0.6 is 0 Å². The lowest BCUT2D eigenvalue weighted by Gasteiger charge is -2.41. The van der Waals surface area contributed by atoms with Crippen molar-refractivity contribution in [3.63, 3.8) is 0 Å². The summed E-state index contributed by atoms with van der Waals surface area (Å²) in [7, 11) is 1.28. The van der Waals surface area contributed by atoms with Gasteiger partial charge in [0, 0.05) is 0 Å². The smallest absolute Gasteiger partial charge is 0.190 e. The van der Waals surface area contributed by atoms with Gasteiger partial charge in [-0.2, -0.15) is 0 Å². The summed E-state index contributed by atoms with van der Waals surface area (Å²) >= 11 is 0. The molecule has 2 aliphatic rings. The van der Waals surface area contributed by atoms with Crippen LogP contribution in [0.1, 0.15) is 56.9 Å². The van der Waals surface area contributed by atoms with Crippen LogP contribution in [-0.4, -0.2) is 7.11 Å². The summed E-state index contributed by atoms with van der Waals surface area (Å²) in [6.45, 7) is 2.39. The van der Waals surface area contributed by atoms with Crippen molar-refractivity contribution in [1.29, 1.82) is 0 Å². The summed E-state index contributed by atoms with van der Waals surface area (Å²) in [5.74, 6) is 1.67. The zero-order valence-electron chi connectivity index (χ0n) is 16.2. The topological polar surface area (TPSA) is 9.23 Å². The van der Waals surface area contributed by atoms with E-state index in [1.165, 1.54) is 63.3 Å². The Kier molecular flexibility index (Phi) is 5.21. The molecular formula is C24H28F2O. The van der Waals surface area contributed by atoms with E-state index in [-0.39, 0.29) is 5.75 Å². The van der Waals surface area contributed by atoms with Gasteiger partial charge in [-0.3, -0.25) is 0 Å². The molecule has 1 nitrogen and oxygen atoms in total. The molecule has 2 aromatic carbocycles. The summed E-state index contributed by atoms with van der Waals surface area (Å²) in [5.41, 5.74) is 2.74. The van der Waals surface area contributed by atoms with Gasteiger partial charge in [-0.05, 0) is 84.6 Å². The summed E-state index contributed by atoms with van der Waals surface area (Å²) in [6, 6.07) is 10.9. The standard InChI is InChI=1S/C24H28F2O/c1-15-3-4-20-12-19(10-9-18(20)11-15)16-5-7-17(8-6-16)21-13-22(25)24(27-2)23(26)14-21/h5-8,13-15,18-20H,3-4,9-12H2,1-2H3/t15?,18-,19-,20-/m1/s1. The lowest BCUT2D eigenvalue weighted by Crippen LogP contribution is -2.29. The van der Waals surface area contributed by atoms with E-state index in [1.807, 2.05) is 12.1 Å². The molecule has 0 N–H and O–H groups in total. The molecule has 0 bridgehead atoms. The minimum atomic E-state index is -0.665. The number of ether oxygens (including phenoxy) is 1. The number of fused-ring (bicyclic) bond motifs is 1. The molecule has 27 heavy (non-hydrogen) atoms. The van der Waals surface area contributed by atoms with E-state index in [0.717, 1.165) is 23.3 Å². The van der Waals surface area contributed by atoms with Crippen LogP contribution in [0.4, 0.5) is 8.78 Å². The molecule has 2 aromatic rings. The van der Waals surface area contributed by atoms with E-state index in [2.05, 4.69) is 19.1 Å². The number of hydrogen-bond acceptors (Lipinski definition) is 1. The fourth-order valence-electron chi connectivity index (χ4n) is 5.30. The van der Waals surface area contributed by atoms with Gasteiger partial charge in [-0.25, -0.2) is 8.78 Å². The molecule has 0 aromatic heterocycles. The van der Waals surface area contributed by atoms with Crippen LogP contribution < -0.4 is 4.74 Å². The van der Waals surface area contributed by atoms with Crippen LogP contribution in [0.15, 0.2) is 36.4 Å². The molecule has 0 radical (unpaired) electrons. The van der Waals surface area contributed by atoms with Crippen molar-refractivity contribution in [3.8, 4) is 16.9 Å². The van der Waals surface area contributed by atoms with Crippen LogP contribution in [-0.2, 0) is 0 Å². The van der Waals surface area contributed by atoms with Crippen molar-refractivity contribution in [2.45, 2.75) is 51.4 Å².